The van der Waals surface area contributed by atoms with Gasteiger partial charge in [0.15, 0.2) is 6.10 Å². The number of rotatable bonds is 5. The molecule has 1 aromatic heterocycles. The van der Waals surface area contributed by atoms with Crippen molar-refractivity contribution < 1.29 is 13.9 Å². The van der Waals surface area contributed by atoms with Crippen molar-refractivity contribution in [3.05, 3.63) is 60.7 Å². The van der Waals surface area contributed by atoms with Gasteiger partial charge in [0.25, 0.3) is 5.91 Å². The number of nitrogens with one attached hydrogen (secondary N) is 1. The molecule has 1 heterocycles. The molecule has 0 saturated carbocycles. The molecule has 0 fully saturated rings. The number of hydrogen-bond acceptors (Lipinski definition) is 5. The maximum Gasteiger partial charge on any atom is 0.265 e. The number of hydrogen-bond donors (Lipinski definition) is 1. The van der Waals surface area contributed by atoms with Crippen molar-refractivity contribution in [2.45, 2.75) is 13.0 Å². The molecule has 0 spiro atoms. The normalized spacial score (nSPS) is 11.8. The molecule has 0 bridgehead atoms. The molecule has 3 aromatic rings. The third kappa shape index (κ3) is 3.72. The second kappa shape index (κ2) is 6.86. The van der Waals surface area contributed by atoms with E-state index in [1.165, 1.54) is 35.3 Å². The second-order valence-corrected chi connectivity index (χ2v) is 5.01. The van der Waals surface area contributed by atoms with Gasteiger partial charge in [-0.25, -0.2) is 9.07 Å². The Labute approximate surface area is 137 Å². The number of benzene rings is 2. The van der Waals surface area contributed by atoms with Crippen molar-refractivity contribution in [3.8, 4) is 11.4 Å². The van der Waals surface area contributed by atoms with Gasteiger partial charge in [-0.1, -0.05) is 6.07 Å². The zero-order valence-electron chi connectivity index (χ0n) is 12.8. The standard InChI is InChI=1S/C16H14FN5O2/c1-11(16(23)19-13-7-5-12(17)6-8-13)24-15-4-2-3-14(9-15)22-10-18-20-21-22/h2-11H,1H3,(H,19,23)/t11-/m0/s1. The average molecular weight is 327 g/mol. The summed E-state index contributed by atoms with van der Waals surface area (Å²) < 4.78 is 20.0. The summed E-state index contributed by atoms with van der Waals surface area (Å²) in [4.78, 5) is 12.1. The Morgan fingerprint density at radius 2 is 2.04 bits per heavy atom. The molecule has 2 aromatic carbocycles. The zero-order chi connectivity index (χ0) is 16.9. The highest BCUT2D eigenvalue weighted by molar-refractivity contribution is 5.94. The van der Waals surface area contributed by atoms with Gasteiger partial charge in [0, 0.05) is 11.8 Å². The molecule has 0 aliphatic rings. The van der Waals surface area contributed by atoms with Crippen LogP contribution in [0.3, 0.4) is 0 Å². The highest BCUT2D eigenvalue weighted by atomic mass is 19.1. The number of nitrogens with zero attached hydrogens (tertiary/aromatic N) is 4. The van der Waals surface area contributed by atoms with Gasteiger partial charge < -0.3 is 10.1 Å². The van der Waals surface area contributed by atoms with Crippen molar-refractivity contribution in [2.75, 3.05) is 5.32 Å². The Morgan fingerprint density at radius 3 is 2.75 bits per heavy atom. The van der Waals surface area contributed by atoms with E-state index in [0.717, 1.165) is 0 Å². The first kappa shape index (κ1) is 15.6. The Kier molecular flexibility index (Phi) is 4.46. The third-order valence-electron chi connectivity index (χ3n) is 3.23. The van der Waals surface area contributed by atoms with Gasteiger partial charge in [-0.05, 0) is 53.7 Å². The maximum atomic E-state index is 12.9. The summed E-state index contributed by atoms with van der Waals surface area (Å²) in [6, 6.07) is 12.6. The molecule has 0 aliphatic heterocycles. The topological polar surface area (TPSA) is 81.9 Å². The van der Waals surface area contributed by atoms with Gasteiger partial charge in [-0.3, -0.25) is 4.79 Å². The van der Waals surface area contributed by atoms with Gasteiger partial charge in [0.1, 0.15) is 17.9 Å². The molecule has 0 unspecified atom stereocenters. The van der Waals surface area contributed by atoms with E-state index in [0.29, 0.717) is 17.1 Å². The molecule has 1 atom stereocenters. The van der Waals surface area contributed by atoms with Crippen LogP contribution in [0.1, 0.15) is 6.92 Å². The summed E-state index contributed by atoms with van der Waals surface area (Å²) >= 11 is 0. The van der Waals surface area contributed by atoms with Crippen LogP contribution in [0.25, 0.3) is 5.69 Å². The summed E-state index contributed by atoms with van der Waals surface area (Å²) in [6.07, 6.45) is 0.725. The molecular weight excluding hydrogens is 313 g/mol. The summed E-state index contributed by atoms with van der Waals surface area (Å²) in [5, 5.41) is 13.6. The van der Waals surface area contributed by atoms with Crippen molar-refractivity contribution in [3.63, 3.8) is 0 Å². The van der Waals surface area contributed by atoms with Crippen LogP contribution in [0.2, 0.25) is 0 Å². The highest BCUT2D eigenvalue weighted by Crippen LogP contribution is 2.18. The Bertz CT molecular complexity index is 821. The number of tetrazole rings is 1. The van der Waals surface area contributed by atoms with Crippen LogP contribution >= 0.6 is 0 Å². The third-order valence-corrected chi connectivity index (χ3v) is 3.23. The molecule has 0 radical (unpaired) electrons. The number of amides is 1. The number of carbonyl (C=O) groups excluding carboxylic acids is 1. The first-order chi connectivity index (χ1) is 11.6. The lowest BCUT2D eigenvalue weighted by molar-refractivity contribution is -0.122. The van der Waals surface area contributed by atoms with Gasteiger partial charge in [0.05, 0.1) is 5.69 Å². The number of ether oxygens (including phenoxy) is 1. The highest BCUT2D eigenvalue weighted by Gasteiger charge is 2.15. The van der Waals surface area contributed by atoms with Gasteiger partial charge in [-0.2, -0.15) is 0 Å². The molecule has 122 valence electrons. The fourth-order valence-electron chi connectivity index (χ4n) is 2.01. The minimum absolute atomic E-state index is 0.338. The van der Waals surface area contributed by atoms with Crippen LogP contribution in [-0.4, -0.2) is 32.2 Å². The minimum atomic E-state index is -0.737. The summed E-state index contributed by atoms with van der Waals surface area (Å²) in [6.45, 7) is 1.63. The van der Waals surface area contributed by atoms with E-state index in [1.807, 2.05) is 6.07 Å². The lowest BCUT2D eigenvalue weighted by Gasteiger charge is -2.15. The largest absolute Gasteiger partial charge is 0.481 e. The van der Waals surface area contributed by atoms with Crippen molar-refractivity contribution in [1.29, 1.82) is 0 Å². The van der Waals surface area contributed by atoms with E-state index >= 15 is 0 Å². The smallest absolute Gasteiger partial charge is 0.265 e. The zero-order valence-corrected chi connectivity index (χ0v) is 12.8. The number of anilines is 1. The first-order valence-corrected chi connectivity index (χ1v) is 7.18. The number of carbonyl (C=O) groups is 1. The van der Waals surface area contributed by atoms with E-state index in [2.05, 4.69) is 20.8 Å². The SMILES string of the molecule is C[C@H](Oc1cccc(-n2cnnn2)c1)C(=O)Nc1ccc(F)cc1. The van der Waals surface area contributed by atoms with Crippen LogP contribution in [-0.2, 0) is 4.79 Å². The van der Waals surface area contributed by atoms with Crippen molar-refractivity contribution in [1.82, 2.24) is 20.2 Å². The lowest BCUT2D eigenvalue weighted by atomic mass is 10.2. The molecule has 7 nitrogen and oxygen atoms in total. The van der Waals surface area contributed by atoms with E-state index < -0.39 is 6.10 Å². The fourth-order valence-corrected chi connectivity index (χ4v) is 2.01. The molecule has 3 rings (SSSR count). The molecule has 0 aliphatic carbocycles. The second-order valence-electron chi connectivity index (χ2n) is 5.01. The van der Waals surface area contributed by atoms with Crippen molar-refractivity contribution >= 4 is 11.6 Å². The molecule has 1 amide bonds. The lowest BCUT2D eigenvalue weighted by Crippen LogP contribution is -2.30. The summed E-state index contributed by atoms with van der Waals surface area (Å²) in [7, 11) is 0. The Balaban J connectivity index is 1.65. The molecule has 24 heavy (non-hydrogen) atoms. The Morgan fingerprint density at radius 1 is 1.25 bits per heavy atom. The molecule has 8 heteroatoms. The van der Waals surface area contributed by atoms with Crippen LogP contribution in [0.15, 0.2) is 54.9 Å². The average Bonchev–Trinajstić information content (AvgIpc) is 3.12. The minimum Gasteiger partial charge on any atom is -0.481 e. The van der Waals surface area contributed by atoms with E-state index in [-0.39, 0.29) is 11.7 Å². The van der Waals surface area contributed by atoms with Crippen molar-refractivity contribution in [2.24, 2.45) is 0 Å². The van der Waals surface area contributed by atoms with E-state index in [9.17, 15) is 9.18 Å². The first-order valence-electron chi connectivity index (χ1n) is 7.18. The molecule has 1 N–H and O–H groups in total. The van der Waals surface area contributed by atoms with Crippen LogP contribution in [0, 0.1) is 5.82 Å². The van der Waals surface area contributed by atoms with Gasteiger partial charge >= 0.3 is 0 Å². The summed E-state index contributed by atoms with van der Waals surface area (Å²) in [5.74, 6) is -0.198. The Hall–Kier alpha value is -3.29. The number of aromatic nitrogens is 4. The quantitative estimate of drug-likeness (QED) is 0.777. The monoisotopic (exact) mass is 327 g/mol. The van der Waals surface area contributed by atoms with Crippen LogP contribution < -0.4 is 10.1 Å². The van der Waals surface area contributed by atoms with E-state index in [1.54, 1.807) is 25.1 Å². The maximum absolute atomic E-state index is 12.9. The van der Waals surface area contributed by atoms with E-state index in [4.69, 9.17) is 4.74 Å². The predicted molar refractivity (Wildman–Crippen MR) is 84.3 cm³/mol. The molecule has 0 saturated heterocycles. The van der Waals surface area contributed by atoms with Gasteiger partial charge in [-0.15, -0.1) is 5.10 Å². The predicted octanol–water partition coefficient (Wildman–Crippen LogP) is 2.21. The summed E-state index contributed by atoms with van der Waals surface area (Å²) in [5.41, 5.74) is 1.21. The molecular formula is C16H14FN5O2. The number of halogens is 1. The van der Waals surface area contributed by atoms with Crippen LogP contribution in [0.5, 0.6) is 5.75 Å². The van der Waals surface area contributed by atoms with Gasteiger partial charge in [0.2, 0.25) is 0 Å². The fraction of sp³-hybridized carbons (Fsp3) is 0.125. The van der Waals surface area contributed by atoms with Crippen LogP contribution in [0.4, 0.5) is 10.1 Å².